The lowest BCUT2D eigenvalue weighted by molar-refractivity contribution is -0.129. The summed E-state index contributed by atoms with van der Waals surface area (Å²) >= 11 is 1.55. The van der Waals surface area contributed by atoms with E-state index in [2.05, 4.69) is 4.98 Å². The van der Waals surface area contributed by atoms with Crippen LogP contribution in [0.4, 0.5) is 0 Å². The van der Waals surface area contributed by atoms with Crippen LogP contribution in [-0.4, -0.2) is 45.0 Å². The van der Waals surface area contributed by atoms with Crippen molar-refractivity contribution < 1.29 is 9.90 Å². The summed E-state index contributed by atoms with van der Waals surface area (Å²) in [6.07, 6.45) is 2.54. The van der Waals surface area contributed by atoms with Crippen molar-refractivity contribution in [2.75, 3.05) is 13.6 Å². The molecule has 0 aromatic carbocycles. The summed E-state index contributed by atoms with van der Waals surface area (Å²) < 4.78 is 1.97. The van der Waals surface area contributed by atoms with Crippen molar-refractivity contribution in [2.45, 2.75) is 32.8 Å². The van der Waals surface area contributed by atoms with Gasteiger partial charge in [-0.15, -0.1) is 11.3 Å². The molecule has 0 aliphatic rings. The van der Waals surface area contributed by atoms with E-state index in [1.807, 2.05) is 22.9 Å². The third-order valence-corrected chi connectivity index (χ3v) is 3.93. The number of rotatable bonds is 5. The molecule has 2 aromatic heterocycles. The molecule has 0 saturated heterocycles. The molecule has 2 rings (SSSR count). The van der Waals surface area contributed by atoms with Gasteiger partial charge < -0.3 is 10.0 Å². The zero-order valence-electron chi connectivity index (χ0n) is 11.5. The number of aromatic nitrogens is 2. The fourth-order valence-electron chi connectivity index (χ4n) is 1.86. The standard InChI is InChI=1S/C13H19N3O2S/c1-9-7-16-11(8-19-13(16)14-9)6-12(18)15(3)5-4-10(2)17/h7-8,10,17H,4-6H2,1-3H3. The number of hydrogen-bond donors (Lipinski definition) is 1. The van der Waals surface area contributed by atoms with Crippen molar-refractivity contribution in [3.63, 3.8) is 0 Å². The number of amides is 1. The van der Waals surface area contributed by atoms with Crippen molar-refractivity contribution in [1.29, 1.82) is 0 Å². The second-order valence-electron chi connectivity index (χ2n) is 4.89. The molecule has 2 heterocycles. The first-order valence-corrected chi connectivity index (χ1v) is 7.19. The van der Waals surface area contributed by atoms with Gasteiger partial charge in [0.15, 0.2) is 4.96 Å². The van der Waals surface area contributed by atoms with Gasteiger partial charge >= 0.3 is 0 Å². The highest BCUT2D eigenvalue weighted by Gasteiger charge is 2.14. The molecular formula is C13H19N3O2S. The molecule has 6 heteroatoms. The van der Waals surface area contributed by atoms with E-state index in [4.69, 9.17) is 0 Å². The topological polar surface area (TPSA) is 57.8 Å². The summed E-state index contributed by atoms with van der Waals surface area (Å²) in [7, 11) is 1.77. The van der Waals surface area contributed by atoms with E-state index in [0.29, 0.717) is 19.4 Å². The van der Waals surface area contributed by atoms with Crippen molar-refractivity contribution in [3.8, 4) is 0 Å². The normalized spacial score (nSPS) is 12.8. The summed E-state index contributed by atoms with van der Waals surface area (Å²) in [5.74, 6) is 0.0618. The lowest BCUT2D eigenvalue weighted by Crippen LogP contribution is -2.30. The number of hydrogen-bond acceptors (Lipinski definition) is 4. The van der Waals surface area contributed by atoms with Crippen LogP contribution in [0.1, 0.15) is 24.7 Å². The number of fused-ring (bicyclic) bond motifs is 1. The molecule has 0 fully saturated rings. The van der Waals surface area contributed by atoms with Crippen LogP contribution in [-0.2, 0) is 11.2 Å². The molecule has 5 nitrogen and oxygen atoms in total. The molecule has 104 valence electrons. The van der Waals surface area contributed by atoms with Crippen LogP contribution < -0.4 is 0 Å². The van der Waals surface area contributed by atoms with E-state index in [1.54, 1.807) is 30.2 Å². The van der Waals surface area contributed by atoms with Crippen LogP contribution >= 0.6 is 11.3 Å². The number of thiazole rings is 1. The van der Waals surface area contributed by atoms with E-state index in [-0.39, 0.29) is 12.0 Å². The van der Waals surface area contributed by atoms with Gasteiger partial charge in [0.25, 0.3) is 0 Å². The van der Waals surface area contributed by atoms with Crippen LogP contribution in [0, 0.1) is 6.92 Å². The van der Waals surface area contributed by atoms with Gasteiger partial charge in [-0.1, -0.05) is 0 Å². The Morgan fingerprint density at radius 3 is 3.05 bits per heavy atom. The van der Waals surface area contributed by atoms with E-state index in [0.717, 1.165) is 16.3 Å². The maximum Gasteiger partial charge on any atom is 0.228 e. The van der Waals surface area contributed by atoms with Crippen molar-refractivity contribution in [2.24, 2.45) is 0 Å². The fraction of sp³-hybridized carbons (Fsp3) is 0.538. The molecule has 1 N–H and O–H groups in total. The summed E-state index contributed by atoms with van der Waals surface area (Å²) in [6.45, 7) is 4.25. The molecule has 0 aliphatic heterocycles. The first-order valence-electron chi connectivity index (χ1n) is 6.31. The number of imidazole rings is 1. The second-order valence-corrected chi connectivity index (χ2v) is 5.73. The lowest BCUT2D eigenvalue weighted by Gasteiger charge is -2.17. The van der Waals surface area contributed by atoms with E-state index < -0.39 is 0 Å². The Morgan fingerprint density at radius 2 is 2.37 bits per heavy atom. The quantitative estimate of drug-likeness (QED) is 0.903. The largest absolute Gasteiger partial charge is 0.393 e. The Balaban J connectivity index is 2.01. The highest BCUT2D eigenvalue weighted by Crippen LogP contribution is 2.17. The predicted octanol–water partition coefficient (Wildman–Crippen LogP) is 1.48. The molecule has 0 radical (unpaired) electrons. The van der Waals surface area contributed by atoms with Gasteiger partial charge in [-0.05, 0) is 20.3 Å². The molecule has 2 aromatic rings. The van der Waals surface area contributed by atoms with E-state index >= 15 is 0 Å². The third kappa shape index (κ3) is 3.33. The van der Waals surface area contributed by atoms with Gasteiger partial charge in [0.1, 0.15) is 0 Å². The summed E-state index contributed by atoms with van der Waals surface area (Å²) in [4.78, 5) is 19.0. The highest BCUT2D eigenvalue weighted by atomic mass is 32.1. The Hall–Kier alpha value is -1.40. The lowest BCUT2D eigenvalue weighted by atomic mass is 10.2. The smallest absolute Gasteiger partial charge is 0.228 e. The summed E-state index contributed by atoms with van der Waals surface area (Å²) in [6, 6.07) is 0. The molecule has 0 saturated carbocycles. The number of aliphatic hydroxyl groups excluding tert-OH is 1. The monoisotopic (exact) mass is 281 g/mol. The highest BCUT2D eigenvalue weighted by molar-refractivity contribution is 7.15. The minimum Gasteiger partial charge on any atom is -0.393 e. The predicted molar refractivity (Wildman–Crippen MR) is 75.4 cm³/mol. The molecule has 0 spiro atoms. The zero-order valence-corrected chi connectivity index (χ0v) is 12.3. The van der Waals surface area contributed by atoms with Gasteiger partial charge in [-0.25, -0.2) is 4.98 Å². The van der Waals surface area contributed by atoms with Gasteiger partial charge in [-0.3, -0.25) is 9.20 Å². The molecule has 1 unspecified atom stereocenters. The van der Waals surface area contributed by atoms with Crippen LogP contribution in [0.3, 0.4) is 0 Å². The Bertz CT molecular complexity index is 573. The van der Waals surface area contributed by atoms with E-state index in [1.165, 1.54) is 0 Å². The fourth-order valence-corrected chi connectivity index (χ4v) is 2.78. The van der Waals surface area contributed by atoms with Crippen molar-refractivity contribution >= 4 is 22.2 Å². The number of nitrogens with zero attached hydrogens (tertiary/aromatic N) is 3. The number of aliphatic hydroxyl groups is 1. The Morgan fingerprint density at radius 1 is 1.63 bits per heavy atom. The van der Waals surface area contributed by atoms with Gasteiger partial charge in [-0.2, -0.15) is 0 Å². The molecular weight excluding hydrogens is 262 g/mol. The SMILES string of the molecule is Cc1cn2c(CC(=O)N(C)CCC(C)O)csc2n1. The van der Waals surface area contributed by atoms with Gasteiger partial charge in [0.05, 0.1) is 18.2 Å². The van der Waals surface area contributed by atoms with Crippen LogP contribution in [0.2, 0.25) is 0 Å². The number of carbonyl (C=O) groups excluding carboxylic acids is 1. The van der Waals surface area contributed by atoms with Gasteiger partial charge in [0.2, 0.25) is 5.91 Å². The number of carbonyl (C=O) groups is 1. The van der Waals surface area contributed by atoms with Crippen LogP contribution in [0.15, 0.2) is 11.6 Å². The molecule has 1 amide bonds. The third-order valence-electron chi connectivity index (χ3n) is 3.04. The maximum atomic E-state index is 12.1. The Kier molecular flexibility index (Phi) is 4.21. The van der Waals surface area contributed by atoms with Crippen molar-refractivity contribution in [3.05, 3.63) is 23.0 Å². The molecule has 1 atom stereocenters. The minimum atomic E-state index is -0.376. The van der Waals surface area contributed by atoms with Crippen molar-refractivity contribution in [1.82, 2.24) is 14.3 Å². The van der Waals surface area contributed by atoms with Crippen LogP contribution in [0.5, 0.6) is 0 Å². The maximum absolute atomic E-state index is 12.1. The number of likely N-dealkylation sites (N-methyl/N-ethyl adjacent to an activating group) is 1. The second kappa shape index (κ2) is 5.71. The Labute approximate surface area is 116 Å². The minimum absolute atomic E-state index is 0.0618. The summed E-state index contributed by atoms with van der Waals surface area (Å²) in [5, 5.41) is 11.2. The zero-order chi connectivity index (χ0) is 14.0. The summed E-state index contributed by atoms with van der Waals surface area (Å²) in [5.41, 5.74) is 1.93. The molecule has 0 aliphatic carbocycles. The van der Waals surface area contributed by atoms with Crippen LogP contribution in [0.25, 0.3) is 4.96 Å². The molecule has 19 heavy (non-hydrogen) atoms. The average Bonchev–Trinajstić information content (AvgIpc) is 2.86. The first kappa shape index (κ1) is 14.0. The van der Waals surface area contributed by atoms with E-state index in [9.17, 15) is 9.90 Å². The first-order chi connectivity index (χ1) is 8.97. The number of aryl methyl sites for hydroxylation is 1. The average molecular weight is 281 g/mol. The van der Waals surface area contributed by atoms with Gasteiger partial charge in [0, 0.05) is 30.9 Å². The molecule has 0 bridgehead atoms.